The summed E-state index contributed by atoms with van der Waals surface area (Å²) < 4.78 is 1.22. The van der Waals surface area contributed by atoms with E-state index < -0.39 is 0 Å². The Kier molecular flexibility index (Phi) is 6.39. The normalized spacial score (nSPS) is 16.3. The van der Waals surface area contributed by atoms with Gasteiger partial charge in [0.05, 0.1) is 10.2 Å². The summed E-state index contributed by atoms with van der Waals surface area (Å²) in [7, 11) is 0. The van der Waals surface area contributed by atoms with Crippen LogP contribution >= 0.6 is 23.1 Å². The highest BCUT2D eigenvalue weighted by Gasteiger charge is 2.28. The molecule has 1 atom stereocenters. The smallest absolute Gasteiger partial charge is 0.221 e. The van der Waals surface area contributed by atoms with E-state index in [1.807, 2.05) is 12.1 Å². The van der Waals surface area contributed by atoms with Crippen molar-refractivity contribution in [2.75, 3.05) is 17.2 Å². The van der Waals surface area contributed by atoms with Crippen molar-refractivity contribution in [2.24, 2.45) is 10.9 Å². The van der Waals surface area contributed by atoms with Crippen molar-refractivity contribution in [3.8, 4) is 0 Å². The number of benzene rings is 2. The number of hydrogen-bond acceptors (Lipinski definition) is 7. The van der Waals surface area contributed by atoms with Crippen molar-refractivity contribution >= 4 is 54.4 Å². The molecule has 2 heterocycles. The molecule has 0 amide bonds. The fraction of sp³-hybridized carbons (Fsp3) is 0.348. The minimum Gasteiger partial charge on any atom is -0.361 e. The first-order valence-electron chi connectivity index (χ1n) is 10.2. The molecule has 30 heavy (non-hydrogen) atoms. The molecule has 0 radical (unpaired) electrons. The van der Waals surface area contributed by atoms with Gasteiger partial charge < -0.3 is 10.6 Å². The van der Waals surface area contributed by atoms with Gasteiger partial charge in [-0.05, 0) is 66.8 Å². The van der Waals surface area contributed by atoms with Crippen LogP contribution in [0.3, 0.4) is 0 Å². The number of aryl methyl sites for hydroxylation is 1. The van der Waals surface area contributed by atoms with Gasteiger partial charge in [-0.25, -0.2) is 9.98 Å². The van der Waals surface area contributed by atoms with E-state index in [1.165, 1.54) is 27.6 Å². The van der Waals surface area contributed by atoms with Gasteiger partial charge in [-0.3, -0.25) is 4.79 Å². The maximum absolute atomic E-state index is 12.1. The Morgan fingerprint density at radius 2 is 1.93 bits per heavy atom. The van der Waals surface area contributed by atoms with Crippen molar-refractivity contribution in [1.82, 2.24) is 4.98 Å². The van der Waals surface area contributed by atoms with Gasteiger partial charge >= 0.3 is 0 Å². The Labute approximate surface area is 185 Å². The zero-order valence-electron chi connectivity index (χ0n) is 17.4. The third kappa shape index (κ3) is 5.02. The molecule has 7 heteroatoms. The van der Waals surface area contributed by atoms with Gasteiger partial charge in [-0.2, -0.15) is 0 Å². The highest BCUT2D eigenvalue weighted by molar-refractivity contribution is 8.27. The number of aromatic nitrogens is 1. The lowest BCUT2D eigenvalue weighted by Gasteiger charge is -2.07. The number of nitrogens with zero attached hydrogens (tertiary/aromatic N) is 2. The number of carbonyl (C=O) groups excluding carboxylic acids is 1. The van der Waals surface area contributed by atoms with Crippen LogP contribution in [0.1, 0.15) is 31.4 Å². The van der Waals surface area contributed by atoms with Crippen LogP contribution in [-0.2, 0) is 11.2 Å². The molecule has 2 aromatic carbocycles. The van der Waals surface area contributed by atoms with Crippen LogP contribution in [0.2, 0.25) is 0 Å². The lowest BCUT2D eigenvalue weighted by atomic mass is 10.1. The first-order valence-corrected chi connectivity index (χ1v) is 11.9. The van der Waals surface area contributed by atoms with E-state index in [0.717, 1.165) is 35.7 Å². The zero-order valence-corrected chi connectivity index (χ0v) is 19.1. The molecule has 1 aromatic heterocycles. The number of thioether (sulfide) groups is 1. The first-order chi connectivity index (χ1) is 14.5. The molecular formula is C23H26N4OS2. The Hall–Kier alpha value is -2.38. The van der Waals surface area contributed by atoms with Crippen molar-refractivity contribution < 1.29 is 4.79 Å². The molecule has 156 valence electrons. The maximum atomic E-state index is 12.1. The van der Waals surface area contributed by atoms with Crippen LogP contribution in [0.4, 0.5) is 10.8 Å². The summed E-state index contributed by atoms with van der Waals surface area (Å²) >= 11 is 2.91. The maximum Gasteiger partial charge on any atom is 0.221 e. The number of nitrogens with one attached hydrogen (secondary N) is 2. The van der Waals surface area contributed by atoms with Gasteiger partial charge in [0.1, 0.15) is 6.04 Å². The molecule has 0 saturated heterocycles. The molecule has 0 unspecified atom stereocenters. The number of aliphatic imine (C=N–C) groups is 1. The van der Waals surface area contributed by atoms with Gasteiger partial charge in [0.2, 0.25) is 5.12 Å². The van der Waals surface area contributed by atoms with Crippen LogP contribution in [0.25, 0.3) is 10.2 Å². The first kappa shape index (κ1) is 20.9. The van der Waals surface area contributed by atoms with E-state index in [-0.39, 0.29) is 11.2 Å². The van der Waals surface area contributed by atoms with E-state index in [2.05, 4.69) is 66.7 Å². The van der Waals surface area contributed by atoms with E-state index in [0.29, 0.717) is 11.1 Å². The molecule has 1 aliphatic heterocycles. The van der Waals surface area contributed by atoms with Gasteiger partial charge in [0, 0.05) is 12.2 Å². The van der Waals surface area contributed by atoms with Crippen LogP contribution in [-0.4, -0.2) is 27.9 Å². The van der Waals surface area contributed by atoms with Gasteiger partial charge in [0.25, 0.3) is 0 Å². The van der Waals surface area contributed by atoms with Crippen molar-refractivity contribution in [3.05, 3.63) is 53.6 Å². The summed E-state index contributed by atoms with van der Waals surface area (Å²) in [6.45, 7) is 7.16. The summed E-state index contributed by atoms with van der Waals surface area (Å²) in [4.78, 5) is 21.3. The minimum atomic E-state index is -0.214. The number of para-hydroxylation sites is 1. The van der Waals surface area contributed by atoms with E-state index in [4.69, 9.17) is 4.98 Å². The highest BCUT2D eigenvalue weighted by atomic mass is 32.2. The van der Waals surface area contributed by atoms with Crippen LogP contribution in [0, 0.1) is 12.8 Å². The number of carbonyl (C=O) groups is 1. The van der Waals surface area contributed by atoms with E-state index >= 15 is 0 Å². The van der Waals surface area contributed by atoms with E-state index in [1.54, 1.807) is 11.3 Å². The van der Waals surface area contributed by atoms with Crippen molar-refractivity contribution in [3.63, 3.8) is 0 Å². The Balaban J connectivity index is 1.29. The summed E-state index contributed by atoms with van der Waals surface area (Å²) in [5, 5.41) is 8.52. The van der Waals surface area contributed by atoms with Crippen LogP contribution in [0.5, 0.6) is 0 Å². The predicted molar refractivity (Wildman–Crippen MR) is 130 cm³/mol. The van der Waals surface area contributed by atoms with E-state index in [9.17, 15) is 4.79 Å². The molecule has 5 nitrogen and oxygen atoms in total. The number of anilines is 2. The fourth-order valence-electron chi connectivity index (χ4n) is 3.39. The predicted octanol–water partition coefficient (Wildman–Crippen LogP) is 5.72. The van der Waals surface area contributed by atoms with Gasteiger partial charge in [-0.1, -0.05) is 49.4 Å². The molecule has 0 saturated carbocycles. The molecule has 0 aliphatic carbocycles. The Morgan fingerprint density at radius 1 is 1.13 bits per heavy atom. The second-order valence-electron chi connectivity index (χ2n) is 7.94. The monoisotopic (exact) mass is 438 g/mol. The molecule has 0 fully saturated rings. The van der Waals surface area contributed by atoms with Gasteiger partial charge in [0.15, 0.2) is 10.3 Å². The second kappa shape index (κ2) is 9.18. The number of fused-ring (bicyclic) bond motifs is 1. The number of rotatable bonds is 7. The van der Waals surface area contributed by atoms with Gasteiger partial charge in [-0.15, -0.1) is 0 Å². The Morgan fingerprint density at radius 3 is 2.67 bits per heavy atom. The Bertz CT molecular complexity index is 1070. The molecule has 2 N–H and O–H groups in total. The second-order valence-corrected chi connectivity index (χ2v) is 9.96. The lowest BCUT2D eigenvalue weighted by Crippen LogP contribution is -2.13. The highest BCUT2D eigenvalue weighted by Crippen LogP contribution is 2.28. The van der Waals surface area contributed by atoms with Crippen molar-refractivity contribution in [1.29, 1.82) is 0 Å². The third-order valence-corrected chi connectivity index (χ3v) is 6.81. The third-order valence-electron chi connectivity index (χ3n) is 4.95. The summed E-state index contributed by atoms with van der Waals surface area (Å²) in [5.41, 5.74) is 4.50. The topological polar surface area (TPSA) is 66.4 Å². The number of thiazole rings is 1. The van der Waals surface area contributed by atoms with Crippen LogP contribution < -0.4 is 10.6 Å². The lowest BCUT2D eigenvalue weighted by molar-refractivity contribution is -0.112. The van der Waals surface area contributed by atoms with Crippen LogP contribution in [0.15, 0.2) is 47.5 Å². The summed E-state index contributed by atoms with van der Waals surface area (Å²) in [6, 6.07) is 14.4. The quantitative estimate of drug-likeness (QED) is 0.494. The number of amidine groups is 1. The molecule has 3 aromatic rings. The average Bonchev–Trinajstić information content (AvgIpc) is 3.27. The fourth-order valence-corrected chi connectivity index (χ4v) is 5.18. The average molecular weight is 439 g/mol. The van der Waals surface area contributed by atoms with Crippen molar-refractivity contribution in [2.45, 2.75) is 39.7 Å². The molecular weight excluding hydrogens is 412 g/mol. The molecule has 1 aliphatic rings. The minimum absolute atomic E-state index is 0.138. The SMILES string of the molecule is Cc1cccc2sc(NCCc3ccc(NC4=N[C@@H](CC(C)C)C(=O)S4)cc3)nc12. The molecule has 4 rings (SSSR count). The zero-order chi connectivity index (χ0) is 21.1. The summed E-state index contributed by atoms with van der Waals surface area (Å²) in [6.07, 6.45) is 1.72. The molecule has 0 spiro atoms. The number of hydrogen-bond donors (Lipinski definition) is 2. The summed E-state index contributed by atoms with van der Waals surface area (Å²) in [5.74, 6) is 0.460. The molecule has 0 bridgehead atoms. The largest absolute Gasteiger partial charge is 0.361 e. The standard InChI is InChI=1S/C23H26N4OS2/c1-14(2)13-18-21(28)30-23(26-18)25-17-9-7-16(8-10-17)11-12-24-22-27-20-15(3)5-4-6-19(20)29-22/h4-10,14,18H,11-13H2,1-3H3,(H,24,27)(H,25,26)/t18-/m0/s1.